The van der Waals surface area contributed by atoms with Crippen molar-refractivity contribution in [2.45, 2.75) is 19.9 Å². The van der Waals surface area contributed by atoms with E-state index >= 15 is 0 Å². The number of hydrogen-bond acceptors (Lipinski definition) is 6. The molecule has 1 amide bonds. The molecule has 1 aliphatic rings. The molecule has 1 fully saturated rings. The molecular weight excluding hydrogens is 446 g/mol. The number of hydrogen-bond donors (Lipinski definition) is 1. The van der Waals surface area contributed by atoms with E-state index in [1.807, 2.05) is 31.2 Å². The van der Waals surface area contributed by atoms with Crippen LogP contribution in [0, 0.1) is 0 Å². The van der Waals surface area contributed by atoms with Gasteiger partial charge in [-0.1, -0.05) is 49.4 Å². The normalized spacial score (nSPS) is 14.6. The van der Waals surface area contributed by atoms with Crippen molar-refractivity contribution in [3.05, 3.63) is 82.2 Å². The first-order chi connectivity index (χ1) is 16.6. The Balaban J connectivity index is 1.37. The number of rotatable bonds is 9. The molecule has 0 unspecified atom stereocenters. The van der Waals surface area contributed by atoms with Gasteiger partial charge in [0, 0.05) is 37.6 Å². The van der Waals surface area contributed by atoms with Crippen LogP contribution in [0.3, 0.4) is 0 Å². The van der Waals surface area contributed by atoms with Crippen LogP contribution in [0.1, 0.15) is 33.3 Å². The number of carbonyl (C=O) groups is 2. The van der Waals surface area contributed by atoms with Crippen LogP contribution in [0.15, 0.2) is 60.7 Å². The molecule has 178 valence electrons. The number of benzene rings is 2. The first kappa shape index (κ1) is 24.1. The molecule has 0 radical (unpaired) electrons. The van der Waals surface area contributed by atoms with E-state index in [0.717, 1.165) is 44.0 Å². The highest BCUT2D eigenvalue weighted by molar-refractivity contribution is 7.16. The number of thiophene rings is 1. The topological polar surface area (TPSA) is 61.9 Å². The van der Waals surface area contributed by atoms with Crippen molar-refractivity contribution in [3.63, 3.8) is 0 Å². The summed E-state index contributed by atoms with van der Waals surface area (Å²) in [4.78, 5) is 31.8. The van der Waals surface area contributed by atoms with Gasteiger partial charge in [0.25, 0.3) is 0 Å². The molecule has 2 heterocycles. The van der Waals surface area contributed by atoms with Crippen LogP contribution in [0.5, 0.6) is 5.75 Å². The van der Waals surface area contributed by atoms with Gasteiger partial charge in [0.05, 0.1) is 24.8 Å². The molecule has 0 saturated carbocycles. The number of ketones is 1. The van der Waals surface area contributed by atoms with Crippen molar-refractivity contribution in [3.8, 4) is 5.75 Å². The van der Waals surface area contributed by atoms with E-state index in [9.17, 15) is 9.59 Å². The van der Waals surface area contributed by atoms with E-state index in [1.165, 1.54) is 16.9 Å². The van der Waals surface area contributed by atoms with E-state index in [4.69, 9.17) is 4.74 Å². The van der Waals surface area contributed by atoms with Gasteiger partial charge >= 0.3 is 0 Å². The maximum atomic E-state index is 13.3. The van der Waals surface area contributed by atoms with Crippen molar-refractivity contribution < 1.29 is 14.3 Å². The third-order valence-corrected chi connectivity index (χ3v) is 7.26. The maximum Gasteiger partial charge on any atom is 0.239 e. The molecule has 2 aromatic carbocycles. The molecule has 34 heavy (non-hydrogen) atoms. The fourth-order valence-corrected chi connectivity index (χ4v) is 5.18. The Morgan fingerprint density at radius 3 is 2.32 bits per heavy atom. The monoisotopic (exact) mass is 477 g/mol. The molecule has 1 N–H and O–H groups in total. The predicted octanol–water partition coefficient (Wildman–Crippen LogP) is 4.31. The van der Waals surface area contributed by atoms with Gasteiger partial charge in [-0.15, -0.1) is 11.3 Å². The van der Waals surface area contributed by atoms with Crippen LogP contribution in [0.25, 0.3) is 0 Å². The highest BCUT2D eigenvalue weighted by atomic mass is 32.1. The van der Waals surface area contributed by atoms with Gasteiger partial charge in [-0.2, -0.15) is 0 Å². The van der Waals surface area contributed by atoms with E-state index in [1.54, 1.807) is 19.2 Å². The Morgan fingerprint density at radius 2 is 1.62 bits per heavy atom. The number of para-hydroxylation sites is 1. The molecule has 0 bridgehead atoms. The average molecular weight is 478 g/mol. The summed E-state index contributed by atoms with van der Waals surface area (Å²) in [6.45, 7) is 6.85. The number of anilines is 1. The Kier molecular flexibility index (Phi) is 8.11. The van der Waals surface area contributed by atoms with Gasteiger partial charge in [-0.3, -0.25) is 19.4 Å². The van der Waals surface area contributed by atoms with Crippen molar-refractivity contribution in [2.75, 3.05) is 45.2 Å². The molecule has 1 aromatic heterocycles. The first-order valence-corrected chi connectivity index (χ1v) is 12.5. The SMILES string of the molecule is CCc1cc(C(=O)c2ccccc2OC)c(NC(=O)CN2CCN(Cc3ccccc3)CC2)s1. The smallest absolute Gasteiger partial charge is 0.239 e. The lowest BCUT2D eigenvalue weighted by Crippen LogP contribution is -2.48. The Bertz CT molecular complexity index is 1120. The minimum Gasteiger partial charge on any atom is -0.496 e. The summed E-state index contributed by atoms with van der Waals surface area (Å²) < 4.78 is 5.37. The molecule has 6 nitrogen and oxygen atoms in total. The van der Waals surface area contributed by atoms with E-state index in [-0.39, 0.29) is 11.7 Å². The van der Waals surface area contributed by atoms with Gasteiger partial charge in [0.15, 0.2) is 5.78 Å². The number of nitrogens with zero attached hydrogens (tertiary/aromatic N) is 2. The molecular formula is C27H31N3O3S. The lowest BCUT2D eigenvalue weighted by atomic mass is 10.0. The van der Waals surface area contributed by atoms with E-state index < -0.39 is 0 Å². The Morgan fingerprint density at radius 1 is 0.941 bits per heavy atom. The Labute approximate surface area is 205 Å². The summed E-state index contributed by atoms with van der Waals surface area (Å²) in [7, 11) is 1.56. The molecule has 7 heteroatoms. The van der Waals surface area contributed by atoms with Crippen LogP contribution >= 0.6 is 11.3 Å². The number of piperazine rings is 1. The quantitative estimate of drug-likeness (QED) is 0.466. The molecule has 3 aromatic rings. The van der Waals surface area contributed by atoms with Crippen molar-refractivity contribution in [1.29, 1.82) is 0 Å². The van der Waals surface area contributed by atoms with Gasteiger partial charge in [-0.05, 0) is 30.2 Å². The van der Waals surface area contributed by atoms with Crippen molar-refractivity contribution in [2.24, 2.45) is 0 Å². The maximum absolute atomic E-state index is 13.3. The Hall–Kier alpha value is -3.00. The predicted molar refractivity (Wildman–Crippen MR) is 137 cm³/mol. The van der Waals surface area contributed by atoms with Gasteiger partial charge < -0.3 is 10.1 Å². The zero-order chi connectivity index (χ0) is 23.9. The molecule has 1 aliphatic heterocycles. The van der Waals surface area contributed by atoms with E-state index in [0.29, 0.717) is 28.4 Å². The molecule has 4 rings (SSSR count). The minimum atomic E-state index is -0.141. The second-order valence-electron chi connectivity index (χ2n) is 8.42. The molecule has 0 atom stereocenters. The third-order valence-electron chi connectivity index (χ3n) is 6.06. The molecule has 0 aliphatic carbocycles. The molecule has 1 saturated heterocycles. The minimum absolute atomic E-state index is 0.0879. The fraction of sp³-hybridized carbons (Fsp3) is 0.333. The number of methoxy groups -OCH3 is 1. The number of aryl methyl sites for hydroxylation is 1. The highest BCUT2D eigenvalue weighted by Gasteiger charge is 2.23. The number of amides is 1. The van der Waals surface area contributed by atoms with Gasteiger partial charge in [0.2, 0.25) is 5.91 Å². The zero-order valence-electron chi connectivity index (χ0n) is 19.8. The summed E-state index contributed by atoms with van der Waals surface area (Å²) >= 11 is 1.47. The van der Waals surface area contributed by atoms with Gasteiger partial charge in [0.1, 0.15) is 10.8 Å². The standard InChI is InChI=1S/C27H31N3O3S/c1-3-21-17-23(26(32)22-11-7-8-12-24(22)33-2)27(34-21)28-25(31)19-30-15-13-29(14-16-30)18-20-9-5-4-6-10-20/h4-12,17H,3,13-16,18-19H2,1-2H3,(H,28,31). The van der Waals surface area contributed by atoms with E-state index in [2.05, 4.69) is 39.4 Å². The van der Waals surface area contributed by atoms with Crippen molar-refractivity contribution in [1.82, 2.24) is 9.80 Å². The number of ether oxygens (including phenoxy) is 1. The van der Waals surface area contributed by atoms with Crippen LogP contribution in [0.2, 0.25) is 0 Å². The molecule has 0 spiro atoms. The lowest BCUT2D eigenvalue weighted by Gasteiger charge is -2.34. The largest absolute Gasteiger partial charge is 0.496 e. The third kappa shape index (κ3) is 5.91. The second-order valence-corrected chi connectivity index (χ2v) is 9.56. The summed E-state index contributed by atoms with van der Waals surface area (Å²) in [6, 6.07) is 19.5. The summed E-state index contributed by atoms with van der Waals surface area (Å²) in [5.41, 5.74) is 2.33. The summed E-state index contributed by atoms with van der Waals surface area (Å²) in [6.07, 6.45) is 0.802. The fourth-order valence-electron chi connectivity index (χ4n) is 4.17. The van der Waals surface area contributed by atoms with Crippen LogP contribution in [-0.2, 0) is 17.8 Å². The van der Waals surface area contributed by atoms with Crippen LogP contribution in [-0.4, -0.2) is 61.3 Å². The average Bonchev–Trinajstić information content (AvgIpc) is 3.28. The summed E-state index contributed by atoms with van der Waals surface area (Å²) in [5, 5.41) is 3.63. The summed E-state index contributed by atoms with van der Waals surface area (Å²) in [5.74, 6) is 0.302. The first-order valence-electron chi connectivity index (χ1n) is 11.7. The second kappa shape index (κ2) is 11.4. The van der Waals surface area contributed by atoms with Crippen LogP contribution < -0.4 is 10.1 Å². The van der Waals surface area contributed by atoms with Gasteiger partial charge in [-0.25, -0.2) is 0 Å². The number of nitrogens with one attached hydrogen (secondary N) is 1. The van der Waals surface area contributed by atoms with Crippen LogP contribution in [0.4, 0.5) is 5.00 Å². The van der Waals surface area contributed by atoms with Crippen molar-refractivity contribution >= 4 is 28.0 Å². The zero-order valence-corrected chi connectivity index (χ0v) is 20.6. The highest BCUT2D eigenvalue weighted by Crippen LogP contribution is 2.32. The lowest BCUT2D eigenvalue weighted by molar-refractivity contribution is -0.117. The number of carbonyl (C=O) groups excluding carboxylic acids is 2.